The van der Waals surface area contributed by atoms with Crippen LogP contribution in [-0.4, -0.2) is 89.6 Å². The summed E-state index contributed by atoms with van der Waals surface area (Å²) < 4.78 is 22.5. The van der Waals surface area contributed by atoms with Crippen molar-refractivity contribution in [3.63, 3.8) is 0 Å². The number of esters is 1. The molecule has 1 aliphatic rings. The molecule has 1 rings (SSSR count). The number of unbranched alkanes of at least 4 members (excludes halogenated alkanes) is 18. The molecule has 1 aliphatic heterocycles. The fourth-order valence-electron chi connectivity index (χ4n) is 5.43. The van der Waals surface area contributed by atoms with Crippen molar-refractivity contribution < 1.29 is 44.2 Å². The molecule has 1 saturated heterocycles. The molecule has 9 nitrogen and oxygen atoms in total. The van der Waals surface area contributed by atoms with Gasteiger partial charge in [0.25, 0.3) is 0 Å². The summed E-state index contributed by atoms with van der Waals surface area (Å²) in [7, 11) is 0. The van der Waals surface area contributed by atoms with Crippen molar-refractivity contribution in [3.8, 4) is 0 Å². The molecule has 4 N–H and O–H groups in total. The van der Waals surface area contributed by atoms with E-state index in [9.17, 15) is 25.2 Å². The van der Waals surface area contributed by atoms with Crippen LogP contribution in [0.25, 0.3) is 0 Å². The van der Waals surface area contributed by atoms with Crippen molar-refractivity contribution >= 4 is 5.97 Å². The number of hydrogen-bond donors (Lipinski definition) is 4. The van der Waals surface area contributed by atoms with E-state index in [1.54, 1.807) is 0 Å². The van der Waals surface area contributed by atoms with Gasteiger partial charge in [-0.15, -0.1) is 0 Å². The van der Waals surface area contributed by atoms with Gasteiger partial charge in [-0.3, -0.25) is 4.79 Å². The number of carbonyl (C=O) groups is 1. The van der Waals surface area contributed by atoms with Crippen LogP contribution in [-0.2, 0) is 23.7 Å². The van der Waals surface area contributed by atoms with Crippen LogP contribution in [0.3, 0.4) is 0 Å². The van der Waals surface area contributed by atoms with Crippen LogP contribution in [0, 0.1) is 0 Å². The van der Waals surface area contributed by atoms with E-state index in [-0.39, 0.29) is 19.2 Å². The standard InChI is InChI=1S/C34H66O9/c1-3-5-7-9-11-12-13-14-15-16-17-18-19-21-23-30(36)42-28(26-40-24-22-20-10-8-6-4-2)27-41-34-33(39)32(38)31(37)29(25-35)43-34/h28-29,31-35,37-39H,3-27H2,1-2H3. The van der Waals surface area contributed by atoms with E-state index in [4.69, 9.17) is 18.9 Å². The lowest BCUT2D eigenvalue weighted by atomic mass is 9.99. The van der Waals surface area contributed by atoms with Crippen molar-refractivity contribution in [1.29, 1.82) is 0 Å². The van der Waals surface area contributed by atoms with E-state index in [1.807, 2.05) is 0 Å². The molecule has 256 valence electrons. The minimum Gasteiger partial charge on any atom is -0.457 e. The Morgan fingerprint density at radius 3 is 1.65 bits per heavy atom. The van der Waals surface area contributed by atoms with Crippen LogP contribution in [0.1, 0.15) is 149 Å². The summed E-state index contributed by atoms with van der Waals surface area (Å²) in [6.45, 7) is 4.50. The normalized spacial score (nSPS) is 23.0. The van der Waals surface area contributed by atoms with Gasteiger partial charge in [-0.2, -0.15) is 0 Å². The van der Waals surface area contributed by atoms with Crippen molar-refractivity contribution in [3.05, 3.63) is 0 Å². The van der Waals surface area contributed by atoms with Crippen LogP contribution in [0.4, 0.5) is 0 Å². The Kier molecular flexibility index (Phi) is 25.7. The van der Waals surface area contributed by atoms with Gasteiger partial charge in [0.2, 0.25) is 0 Å². The smallest absolute Gasteiger partial charge is 0.306 e. The Hall–Kier alpha value is -0.810. The molecule has 0 bridgehead atoms. The van der Waals surface area contributed by atoms with Crippen molar-refractivity contribution in [2.24, 2.45) is 0 Å². The summed E-state index contributed by atoms with van der Waals surface area (Å²) in [6, 6.07) is 0. The lowest BCUT2D eigenvalue weighted by molar-refractivity contribution is -0.305. The minimum atomic E-state index is -1.53. The third-order valence-electron chi connectivity index (χ3n) is 8.27. The van der Waals surface area contributed by atoms with Gasteiger partial charge < -0.3 is 39.4 Å². The van der Waals surface area contributed by atoms with E-state index < -0.39 is 43.4 Å². The molecule has 1 fully saturated rings. The molecule has 0 spiro atoms. The van der Waals surface area contributed by atoms with E-state index in [0.717, 1.165) is 32.1 Å². The van der Waals surface area contributed by atoms with Gasteiger partial charge in [0.1, 0.15) is 30.5 Å². The zero-order valence-electron chi connectivity index (χ0n) is 27.5. The van der Waals surface area contributed by atoms with Crippen LogP contribution in [0.2, 0.25) is 0 Å². The zero-order chi connectivity index (χ0) is 31.5. The highest BCUT2D eigenvalue weighted by molar-refractivity contribution is 5.69. The first-order valence-corrected chi connectivity index (χ1v) is 17.6. The lowest BCUT2D eigenvalue weighted by Crippen LogP contribution is -2.59. The zero-order valence-corrected chi connectivity index (χ0v) is 27.5. The molecule has 6 atom stereocenters. The number of carbonyl (C=O) groups excluding carboxylic acids is 1. The molecule has 0 saturated carbocycles. The van der Waals surface area contributed by atoms with Gasteiger partial charge >= 0.3 is 5.97 Å². The molecule has 0 amide bonds. The molecule has 0 aromatic carbocycles. The van der Waals surface area contributed by atoms with E-state index in [2.05, 4.69) is 13.8 Å². The average Bonchev–Trinajstić information content (AvgIpc) is 3.00. The molecule has 9 heteroatoms. The molecule has 0 aromatic rings. The fourth-order valence-corrected chi connectivity index (χ4v) is 5.43. The molecule has 43 heavy (non-hydrogen) atoms. The van der Waals surface area contributed by atoms with Gasteiger partial charge in [-0.1, -0.05) is 129 Å². The van der Waals surface area contributed by atoms with Crippen LogP contribution in [0.15, 0.2) is 0 Å². The number of aliphatic hydroxyl groups excluding tert-OH is 4. The van der Waals surface area contributed by atoms with Crippen LogP contribution < -0.4 is 0 Å². The second-order valence-corrected chi connectivity index (χ2v) is 12.3. The Balaban J connectivity index is 2.31. The molecule has 6 unspecified atom stereocenters. The minimum absolute atomic E-state index is 0.107. The highest BCUT2D eigenvalue weighted by atomic mass is 16.7. The molecular weight excluding hydrogens is 552 g/mol. The Morgan fingerprint density at radius 1 is 0.651 bits per heavy atom. The Bertz CT molecular complexity index is 633. The molecule has 0 radical (unpaired) electrons. The topological polar surface area (TPSA) is 135 Å². The summed E-state index contributed by atoms with van der Waals surface area (Å²) in [5, 5.41) is 39.7. The van der Waals surface area contributed by atoms with Crippen molar-refractivity contribution in [2.75, 3.05) is 26.4 Å². The quantitative estimate of drug-likeness (QED) is 0.0591. The third kappa shape index (κ3) is 20.0. The summed E-state index contributed by atoms with van der Waals surface area (Å²) in [4.78, 5) is 12.6. The van der Waals surface area contributed by atoms with Gasteiger partial charge in [-0.25, -0.2) is 0 Å². The van der Waals surface area contributed by atoms with Crippen LogP contribution in [0.5, 0.6) is 0 Å². The first-order chi connectivity index (χ1) is 20.9. The second-order valence-electron chi connectivity index (χ2n) is 12.3. The first-order valence-electron chi connectivity index (χ1n) is 17.6. The van der Waals surface area contributed by atoms with E-state index >= 15 is 0 Å². The van der Waals surface area contributed by atoms with E-state index in [1.165, 1.54) is 96.3 Å². The number of rotatable bonds is 29. The van der Waals surface area contributed by atoms with Crippen LogP contribution >= 0.6 is 0 Å². The number of hydrogen-bond acceptors (Lipinski definition) is 9. The predicted molar refractivity (Wildman–Crippen MR) is 169 cm³/mol. The maximum Gasteiger partial charge on any atom is 0.306 e. The monoisotopic (exact) mass is 618 g/mol. The maximum absolute atomic E-state index is 12.6. The fraction of sp³-hybridized carbons (Fsp3) is 0.971. The second kappa shape index (κ2) is 27.5. The van der Waals surface area contributed by atoms with E-state index in [0.29, 0.717) is 13.0 Å². The highest BCUT2D eigenvalue weighted by Crippen LogP contribution is 2.22. The van der Waals surface area contributed by atoms with Crippen molar-refractivity contribution in [1.82, 2.24) is 0 Å². The van der Waals surface area contributed by atoms with Gasteiger partial charge in [-0.05, 0) is 12.8 Å². The summed E-state index contributed by atoms with van der Waals surface area (Å²) in [6.07, 6.45) is 17.2. The summed E-state index contributed by atoms with van der Waals surface area (Å²) >= 11 is 0. The molecule has 0 aromatic heterocycles. The molecule has 0 aliphatic carbocycles. The first kappa shape index (κ1) is 40.2. The average molecular weight is 619 g/mol. The van der Waals surface area contributed by atoms with Gasteiger partial charge in [0, 0.05) is 13.0 Å². The number of ether oxygens (including phenoxy) is 4. The van der Waals surface area contributed by atoms with Gasteiger partial charge in [0.05, 0.1) is 19.8 Å². The third-order valence-corrected chi connectivity index (χ3v) is 8.27. The Labute approximate surface area is 262 Å². The summed E-state index contributed by atoms with van der Waals surface area (Å²) in [5.74, 6) is -0.315. The summed E-state index contributed by atoms with van der Waals surface area (Å²) in [5.41, 5.74) is 0. The van der Waals surface area contributed by atoms with Crippen molar-refractivity contribution in [2.45, 2.75) is 185 Å². The van der Waals surface area contributed by atoms with Gasteiger partial charge in [0.15, 0.2) is 6.29 Å². The largest absolute Gasteiger partial charge is 0.457 e. The number of aliphatic hydroxyl groups is 4. The SMILES string of the molecule is CCCCCCCCCCCCCCCCC(=O)OC(COCCCCCCCC)COC1OC(CO)C(O)C(O)C1O. The highest BCUT2D eigenvalue weighted by Gasteiger charge is 2.44. The maximum atomic E-state index is 12.6. The Morgan fingerprint density at radius 2 is 1.14 bits per heavy atom. The lowest BCUT2D eigenvalue weighted by Gasteiger charge is -2.39. The predicted octanol–water partition coefficient (Wildman–Crippen LogP) is 5.96. The molecule has 1 heterocycles. The molecular formula is C34H66O9.